The fraction of sp³-hybridized carbons (Fsp3) is 0.167. The molecule has 1 atom stereocenters. The Balaban J connectivity index is 1.39. The SMILES string of the molecule is CC1=CCC(N(c2ccc(C)cc2)c2cc3c4c(c2)N(c2ccc(C)cc2)c2ccc(C)cc2B4c2cc(C)ccc2N3c2ccc(C)cc2)C=C1. The molecule has 3 aliphatic rings. The van der Waals surface area contributed by atoms with Crippen molar-refractivity contribution in [1.82, 2.24) is 0 Å². The first-order chi connectivity index (χ1) is 25.2. The molecule has 0 fully saturated rings. The van der Waals surface area contributed by atoms with Crippen LogP contribution >= 0.6 is 0 Å². The van der Waals surface area contributed by atoms with Crippen LogP contribution in [0.5, 0.6) is 0 Å². The van der Waals surface area contributed by atoms with E-state index in [-0.39, 0.29) is 12.8 Å². The monoisotopic (exact) mass is 673 g/mol. The molecule has 0 spiro atoms. The number of benzene rings is 6. The third-order valence-electron chi connectivity index (χ3n) is 11.1. The predicted octanol–water partition coefficient (Wildman–Crippen LogP) is 10.7. The zero-order chi connectivity index (χ0) is 35.7. The molecule has 0 saturated heterocycles. The Kier molecular flexibility index (Phi) is 7.73. The molecule has 2 aliphatic heterocycles. The van der Waals surface area contributed by atoms with Gasteiger partial charge in [0.05, 0.1) is 6.04 Å². The first-order valence-electron chi connectivity index (χ1n) is 18.6. The van der Waals surface area contributed by atoms with E-state index in [0.717, 1.165) is 6.42 Å². The minimum absolute atomic E-state index is 0.0835. The number of hydrogen-bond acceptors (Lipinski definition) is 3. The summed E-state index contributed by atoms with van der Waals surface area (Å²) in [4.78, 5) is 7.60. The van der Waals surface area contributed by atoms with Gasteiger partial charge in [-0.25, -0.2) is 0 Å². The third kappa shape index (κ3) is 5.37. The quantitative estimate of drug-likeness (QED) is 0.168. The summed E-state index contributed by atoms with van der Waals surface area (Å²) in [5.41, 5.74) is 21.3. The predicted molar refractivity (Wildman–Crippen MR) is 224 cm³/mol. The standard InChI is InChI=1S/C48H44BN3/c1-31-7-17-37(18-8-31)50(38-19-9-32(2)10-20-38)41-29-46-48-47(30-41)52(40-23-13-34(4)14-24-40)45-26-16-36(6)28-43(45)49(48)42-27-35(5)15-25-44(42)51(46)39-21-11-33(3)12-22-39/h7-19,21-30,38H,20H2,1-6H3. The lowest BCUT2D eigenvalue weighted by atomic mass is 9.33. The molecule has 4 heteroatoms. The van der Waals surface area contributed by atoms with E-state index < -0.39 is 0 Å². The molecule has 0 aromatic heterocycles. The molecular weight excluding hydrogens is 629 g/mol. The normalized spacial score (nSPS) is 15.5. The summed E-state index contributed by atoms with van der Waals surface area (Å²) in [7, 11) is 0. The summed E-state index contributed by atoms with van der Waals surface area (Å²) in [5, 5.41) is 0. The molecule has 1 unspecified atom stereocenters. The highest BCUT2D eigenvalue weighted by atomic mass is 15.2. The Morgan fingerprint density at radius 2 is 0.962 bits per heavy atom. The maximum absolute atomic E-state index is 2.56. The summed E-state index contributed by atoms with van der Waals surface area (Å²) in [6.07, 6.45) is 7.98. The first kappa shape index (κ1) is 32.2. The van der Waals surface area contributed by atoms with Gasteiger partial charge in [-0.1, -0.05) is 112 Å². The Morgan fingerprint density at radius 3 is 1.42 bits per heavy atom. The van der Waals surface area contributed by atoms with Crippen molar-refractivity contribution >= 4 is 68.6 Å². The first-order valence-corrected chi connectivity index (χ1v) is 18.6. The van der Waals surface area contributed by atoms with Crippen LogP contribution in [-0.4, -0.2) is 12.8 Å². The highest BCUT2D eigenvalue weighted by molar-refractivity contribution is 7.00. The van der Waals surface area contributed by atoms with E-state index in [2.05, 4.69) is 196 Å². The summed E-state index contributed by atoms with van der Waals surface area (Å²) in [5.74, 6) is 0. The van der Waals surface area contributed by atoms with Crippen molar-refractivity contribution in [3.63, 3.8) is 0 Å². The lowest BCUT2D eigenvalue weighted by Gasteiger charge is -2.45. The fourth-order valence-corrected chi connectivity index (χ4v) is 8.46. The smallest absolute Gasteiger partial charge is 0.252 e. The van der Waals surface area contributed by atoms with E-state index >= 15 is 0 Å². The number of hydrogen-bond donors (Lipinski definition) is 0. The van der Waals surface area contributed by atoms with E-state index in [4.69, 9.17) is 0 Å². The highest BCUT2D eigenvalue weighted by Crippen LogP contribution is 2.47. The van der Waals surface area contributed by atoms with Gasteiger partial charge < -0.3 is 14.7 Å². The Morgan fingerprint density at radius 1 is 0.500 bits per heavy atom. The second-order valence-electron chi connectivity index (χ2n) is 15.1. The molecule has 3 nitrogen and oxygen atoms in total. The van der Waals surface area contributed by atoms with Crippen LogP contribution in [0.25, 0.3) is 0 Å². The van der Waals surface area contributed by atoms with Crippen molar-refractivity contribution in [3.05, 3.63) is 173 Å². The number of rotatable bonds is 5. The van der Waals surface area contributed by atoms with Crippen LogP contribution in [0.2, 0.25) is 0 Å². The van der Waals surface area contributed by atoms with E-state index in [0.29, 0.717) is 0 Å². The van der Waals surface area contributed by atoms with Gasteiger partial charge >= 0.3 is 0 Å². The zero-order valence-electron chi connectivity index (χ0n) is 31.0. The maximum Gasteiger partial charge on any atom is 0.252 e. The molecule has 0 bridgehead atoms. The van der Waals surface area contributed by atoms with Crippen LogP contribution < -0.4 is 31.1 Å². The number of anilines is 8. The van der Waals surface area contributed by atoms with E-state index in [1.807, 2.05) is 0 Å². The van der Waals surface area contributed by atoms with Crippen molar-refractivity contribution < 1.29 is 0 Å². The highest BCUT2D eigenvalue weighted by Gasteiger charge is 2.44. The van der Waals surface area contributed by atoms with Gasteiger partial charge in [-0.3, -0.25) is 0 Å². The Bertz CT molecular complexity index is 2280. The minimum atomic E-state index is 0.0835. The van der Waals surface area contributed by atoms with Gasteiger partial charge in [0, 0.05) is 45.5 Å². The third-order valence-corrected chi connectivity index (χ3v) is 11.1. The minimum Gasteiger partial charge on any atom is -0.334 e. The molecule has 52 heavy (non-hydrogen) atoms. The van der Waals surface area contributed by atoms with Gasteiger partial charge in [-0.05, 0) is 125 Å². The topological polar surface area (TPSA) is 9.72 Å². The van der Waals surface area contributed by atoms with Gasteiger partial charge in [0.25, 0.3) is 6.71 Å². The van der Waals surface area contributed by atoms with Gasteiger partial charge in [0.1, 0.15) is 0 Å². The van der Waals surface area contributed by atoms with E-state index in [1.165, 1.54) is 95.3 Å². The maximum atomic E-state index is 2.56. The van der Waals surface area contributed by atoms with Gasteiger partial charge in [0.2, 0.25) is 0 Å². The van der Waals surface area contributed by atoms with E-state index in [1.54, 1.807) is 0 Å². The van der Waals surface area contributed by atoms with Crippen LogP contribution in [0.3, 0.4) is 0 Å². The largest absolute Gasteiger partial charge is 0.334 e. The molecule has 254 valence electrons. The summed E-state index contributed by atoms with van der Waals surface area (Å²) in [6, 6.07) is 46.3. The summed E-state index contributed by atoms with van der Waals surface area (Å²) < 4.78 is 0. The Hall–Kier alpha value is -5.74. The number of allylic oxidation sites excluding steroid dienone is 2. The Labute approximate surface area is 309 Å². The lowest BCUT2D eigenvalue weighted by molar-refractivity contribution is 0.779. The van der Waals surface area contributed by atoms with Crippen molar-refractivity contribution in [1.29, 1.82) is 0 Å². The van der Waals surface area contributed by atoms with Gasteiger partial charge in [0.15, 0.2) is 0 Å². The molecule has 9 rings (SSSR count). The molecule has 2 heterocycles. The molecule has 6 aromatic carbocycles. The lowest BCUT2D eigenvalue weighted by Crippen LogP contribution is -2.61. The average Bonchev–Trinajstić information content (AvgIpc) is 3.14. The zero-order valence-corrected chi connectivity index (χ0v) is 31.0. The van der Waals surface area contributed by atoms with Crippen LogP contribution in [-0.2, 0) is 0 Å². The molecule has 0 amide bonds. The van der Waals surface area contributed by atoms with Gasteiger partial charge in [-0.15, -0.1) is 0 Å². The molecule has 0 saturated carbocycles. The number of nitrogens with zero attached hydrogens (tertiary/aromatic N) is 3. The summed E-state index contributed by atoms with van der Waals surface area (Å²) >= 11 is 0. The number of aryl methyl sites for hydroxylation is 5. The van der Waals surface area contributed by atoms with Crippen molar-refractivity contribution in [3.8, 4) is 0 Å². The van der Waals surface area contributed by atoms with E-state index in [9.17, 15) is 0 Å². The average molecular weight is 674 g/mol. The van der Waals surface area contributed by atoms with Crippen LogP contribution in [0.1, 0.15) is 41.2 Å². The molecule has 1 aliphatic carbocycles. The van der Waals surface area contributed by atoms with Crippen molar-refractivity contribution in [2.75, 3.05) is 14.7 Å². The van der Waals surface area contributed by atoms with Crippen LogP contribution in [0.15, 0.2) is 145 Å². The second-order valence-corrected chi connectivity index (χ2v) is 15.1. The van der Waals surface area contributed by atoms with Gasteiger partial charge in [-0.2, -0.15) is 0 Å². The van der Waals surface area contributed by atoms with Crippen molar-refractivity contribution in [2.24, 2.45) is 0 Å². The summed E-state index contributed by atoms with van der Waals surface area (Å²) in [6.45, 7) is 13.2. The molecule has 0 N–H and O–H groups in total. The van der Waals surface area contributed by atoms with Crippen LogP contribution in [0, 0.1) is 34.6 Å². The van der Waals surface area contributed by atoms with Crippen molar-refractivity contribution in [2.45, 2.75) is 54.0 Å². The molecule has 0 radical (unpaired) electrons. The molecule has 6 aromatic rings. The number of fused-ring (bicyclic) bond motifs is 4. The second kappa shape index (κ2) is 12.5. The molecular formula is C48H44BN3. The fourth-order valence-electron chi connectivity index (χ4n) is 8.46. The van der Waals surface area contributed by atoms with Crippen LogP contribution in [0.4, 0.5) is 45.5 Å².